The first kappa shape index (κ1) is 31.3. The number of aromatic nitrogens is 2. The van der Waals surface area contributed by atoms with E-state index >= 15 is 0 Å². The van der Waals surface area contributed by atoms with Crippen molar-refractivity contribution in [2.24, 2.45) is 5.92 Å². The van der Waals surface area contributed by atoms with Crippen molar-refractivity contribution in [2.45, 2.75) is 57.3 Å². The lowest BCUT2D eigenvalue weighted by Crippen LogP contribution is -2.38. The second-order valence-corrected chi connectivity index (χ2v) is 14.3. The number of aryl methyl sites for hydroxylation is 1. The first-order valence-corrected chi connectivity index (χ1v) is 16.4. The highest BCUT2D eigenvalue weighted by Crippen LogP contribution is 2.30. The zero-order valence-corrected chi connectivity index (χ0v) is 26.8. The van der Waals surface area contributed by atoms with Gasteiger partial charge in [-0.3, -0.25) is 5.32 Å². The molecule has 1 aliphatic heterocycles. The average molecular weight is 616 g/mol. The summed E-state index contributed by atoms with van der Waals surface area (Å²) in [6.07, 6.45) is 2.21. The number of nitrogens with one attached hydrogen (secondary N) is 2. The van der Waals surface area contributed by atoms with Crippen molar-refractivity contribution in [3.8, 4) is 11.4 Å². The zero-order chi connectivity index (χ0) is 31.5. The largest absolute Gasteiger partial charge is 0.497 e. The Balaban J connectivity index is 1.25. The Morgan fingerprint density at radius 3 is 2.25 bits per heavy atom. The van der Waals surface area contributed by atoms with Crippen molar-refractivity contribution >= 4 is 27.6 Å². The van der Waals surface area contributed by atoms with Gasteiger partial charge >= 0.3 is 6.03 Å². The Kier molecular flexibility index (Phi) is 9.12. The summed E-state index contributed by atoms with van der Waals surface area (Å²) in [5.74, 6) is 1.50. The number of rotatable bonds is 8. The van der Waals surface area contributed by atoms with Crippen LogP contribution in [0.1, 0.15) is 50.4 Å². The van der Waals surface area contributed by atoms with E-state index in [4.69, 9.17) is 9.84 Å². The maximum absolute atomic E-state index is 13.3. The van der Waals surface area contributed by atoms with Gasteiger partial charge in [0.05, 0.1) is 23.4 Å². The topological polar surface area (TPSA) is 106 Å². The molecule has 0 unspecified atom stereocenters. The summed E-state index contributed by atoms with van der Waals surface area (Å²) in [6.45, 7) is 9.21. The second kappa shape index (κ2) is 12.8. The van der Waals surface area contributed by atoms with E-state index < -0.39 is 10.0 Å². The number of sulfonamides is 1. The van der Waals surface area contributed by atoms with Gasteiger partial charge < -0.3 is 10.1 Å². The molecule has 0 aliphatic carbocycles. The van der Waals surface area contributed by atoms with Crippen molar-refractivity contribution in [3.63, 3.8) is 0 Å². The molecule has 3 aromatic carbocycles. The molecule has 44 heavy (non-hydrogen) atoms. The highest BCUT2D eigenvalue weighted by Gasteiger charge is 2.30. The summed E-state index contributed by atoms with van der Waals surface area (Å²) in [4.78, 5) is 13.6. The molecule has 1 aromatic heterocycles. The van der Waals surface area contributed by atoms with Crippen LogP contribution in [-0.2, 0) is 21.9 Å². The number of carbonyl (C=O) groups excluding carboxylic acids is 1. The van der Waals surface area contributed by atoms with Crippen LogP contribution in [0.25, 0.3) is 5.69 Å². The molecule has 2 N–H and O–H groups in total. The third-order valence-electron chi connectivity index (χ3n) is 8.04. The number of nitrogens with zero attached hydrogens (tertiary/aromatic N) is 3. The number of amides is 2. The summed E-state index contributed by atoms with van der Waals surface area (Å²) >= 11 is 0. The molecule has 0 atom stereocenters. The van der Waals surface area contributed by atoms with Crippen LogP contribution in [0.4, 0.5) is 16.3 Å². The van der Waals surface area contributed by atoms with Crippen LogP contribution in [-0.4, -0.2) is 48.7 Å². The average Bonchev–Trinajstić information content (AvgIpc) is 3.43. The molecule has 9 nitrogen and oxygen atoms in total. The number of ether oxygens (including phenoxy) is 1. The first-order valence-electron chi connectivity index (χ1n) is 14.9. The summed E-state index contributed by atoms with van der Waals surface area (Å²) in [5.41, 5.74) is 4.43. The third kappa shape index (κ3) is 7.14. The fraction of sp³-hybridized carbons (Fsp3) is 0.353. The SMILES string of the molecule is COc1ccc(S(=O)(=O)N2CCC(Cc3ccccc3NC(=O)Nc3cc(C(C)(C)C)nn3-c3ccc(C)cc3)CC2)cc1. The van der Waals surface area contributed by atoms with Crippen molar-refractivity contribution in [1.82, 2.24) is 14.1 Å². The van der Waals surface area contributed by atoms with Gasteiger partial charge in [-0.15, -0.1) is 0 Å². The van der Waals surface area contributed by atoms with E-state index in [0.717, 1.165) is 47.5 Å². The zero-order valence-electron chi connectivity index (χ0n) is 26.0. The number of hydrogen-bond acceptors (Lipinski definition) is 5. The maximum atomic E-state index is 13.3. The summed E-state index contributed by atoms with van der Waals surface area (Å²) in [5, 5.41) is 10.9. The summed E-state index contributed by atoms with van der Waals surface area (Å²) < 4.78 is 34.9. The van der Waals surface area contributed by atoms with Gasteiger partial charge in [0.25, 0.3) is 0 Å². The Bertz CT molecular complexity index is 1700. The van der Waals surface area contributed by atoms with Gasteiger partial charge in [0, 0.05) is 30.3 Å². The standard InChI is InChI=1S/C34H41N5O4S/c1-24-10-12-27(13-11-24)39-32(23-31(37-39)34(2,3)4)36-33(40)35-30-9-7-6-8-26(30)22-25-18-20-38(21-19-25)44(41,42)29-16-14-28(43-5)15-17-29/h6-17,23,25H,18-22H2,1-5H3,(H2,35,36,40). The minimum Gasteiger partial charge on any atom is -0.497 e. The molecule has 0 radical (unpaired) electrons. The van der Waals surface area contributed by atoms with Crippen molar-refractivity contribution in [3.05, 3.63) is 95.7 Å². The fourth-order valence-electron chi connectivity index (χ4n) is 5.37. The molecule has 2 heterocycles. The number of methoxy groups -OCH3 is 1. The fourth-order valence-corrected chi connectivity index (χ4v) is 6.84. The molecule has 0 spiro atoms. The van der Waals surface area contributed by atoms with Crippen LogP contribution in [0.5, 0.6) is 5.75 Å². The maximum Gasteiger partial charge on any atom is 0.324 e. The predicted octanol–water partition coefficient (Wildman–Crippen LogP) is 6.77. The molecule has 232 valence electrons. The van der Waals surface area contributed by atoms with E-state index in [0.29, 0.717) is 30.6 Å². The Hall–Kier alpha value is -4.15. The number of urea groups is 1. The van der Waals surface area contributed by atoms with E-state index in [9.17, 15) is 13.2 Å². The van der Waals surface area contributed by atoms with Gasteiger partial charge in [-0.05, 0) is 80.1 Å². The number of carbonyl (C=O) groups is 1. The van der Waals surface area contributed by atoms with Crippen molar-refractivity contribution in [1.29, 1.82) is 0 Å². The number of piperidine rings is 1. The van der Waals surface area contributed by atoms with Crippen molar-refractivity contribution < 1.29 is 17.9 Å². The van der Waals surface area contributed by atoms with Gasteiger partial charge in [-0.1, -0.05) is 56.7 Å². The molecule has 4 aromatic rings. The highest BCUT2D eigenvalue weighted by atomic mass is 32.2. The monoisotopic (exact) mass is 615 g/mol. The minimum absolute atomic E-state index is 0.195. The number of para-hydroxylation sites is 1. The van der Waals surface area contributed by atoms with E-state index in [1.807, 2.05) is 61.5 Å². The van der Waals surface area contributed by atoms with Crippen LogP contribution in [0.3, 0.4) is 0 Å². The first-order chi connectivity index (χ1) is 20.9. The molecule has 1 aliphatic rings. The summed E-state index contributed by atoms with van der Waals surface area (Å²) in [7, 11) is -2.01. The van der Waals surface area contributed by atoms with Crippen LogP contribution in [0, 0.1) is 12.8 Å². The molecule has 1 fully saturated rings. The van der Waals surface area contributed by atoms with E-state index in [1.54, 1.807) is 40.4 Å². The lowest BCUT2D eigenvalue weighted by atomic mass is 9.90. The lowest BCUT2D eigenvalue weighted by Gasteiger charge is -2.31. The van der Waals surface area contributed by atoms with Crippen LogP contribution >= 0.6 is 0 Å². The van der Waals surface area contributed by atoms with Crippen LogP contribution in [0.15, 0.2) is 83.8 Å². The summed E-state index contributed by atoms with van der Waals surface area (Å²) in [6, 6.07) is 23.9. The highest BCUT2D eigenvalue weighted by molar-refractivity contribution is 7.89. The molecule has 10 heteroatoms. The van der Waals surface area contributed by atoms with E-state index in [1.165, 1.54) is 0 Å². The predicted molar refractivity (Wildman–Crippen MR) is 174 cm³/mol. The van der Waals surface area contributed by atoms with Crippen LogP contribution < -0.4 is 15.4 Å². The van der Waals surface area contributed by atoms with Crippen molar-refractivity contribution in [2.75, 3.05) is 30.8 Å². The molecule has 0 saturated carbocycles. The van der Waals surface area contributed by atoms with Crippen LogP contribution in [0.2, 0.25) is 0 Å². The lowest BCUT2D eigenvalue weighted by molar-refractivity contribution is 0.261. The molecule has 0 bridgehead atoms. The number of hydrogen-bond donors (Lipinski definition) is 2. The van der Waals surface area contributed by atoms with E-state index in [-0.39, 0.29) is 16.3 Å². The molecular weight excluding hydrogens is 574 g/mol. The normalized spacial score (nSPS) is 14.8. The van der Waals surface area contributed by atoms with Gasteiger partial charge in [0.1, 0.15) is 11.6 Å². The van der Waals surface area contributed by atoms with E-state index in [2.05, 4.69) is 31.4 Å². The molecule has 5 rings (SSSR count). The Morgan fingerprint density at radius 2 is 1.61 bits per heavy atom. The van der Waals surface area contributed by atoms with Gasteiger partial charge in [-0.2, -0.15) is 9.40 Å². The van der Waals surface area contributed by atoms with Gasteiger partial charge in [0.2, 0.25) is 10.0 Å². The molecule has 1 saturated heterocycles. The molecular formula is C34H41N5O4S. The molecule has 2 amide bonds. The Morgan fingerprint density at radius 1 is 0.955 bits per heavy atom. The van der Waals surface area contributed by atoms with Gasteiger partial charge in [0.15, 0.2) is 0 Å². The second-order valence-electron chi connectivity index (χ2n) is 12.4. The van der Waals surface area contributed by atoms with Gasteiger partial charge in [-0.25, -0.2) is 17.9 Å². The Labute approximate surface area is 260 Å². The minimum atomic E-state index is -3.57. The smallest absolute Gasteiger partial charge is 0.324 e. The number of anilines is 2. The quantitative estimate of drug-likeness (QED) is 0.228. The third-order valence-corrected chi connectivity index (χ3v) is 9.96. The number of benzene rings is 3.